The van der Waals surface area contributed by atoms with Gasteiger partial charge in [-0.2, -0.15) is 0 Å². The van der Waals surface area contributed by atoms with Crippen LogP contribution in [0.2, 0.25) is 0 Å². The highest BCUT2D eigenvalue weighted by atomic mass is 32.2. The van der Waals surface area contributed by atoms with E-state index >= 15 is 0 Å². The Kier molecular flexibility index (Phi) is 6.07. The Balaban J connectivity index is 1.65. The molecule has 4 rings (SSSR count). The molecular weight excluding hydrogens is 444 g/mol. The maximum absolute atomic E-state index is 11.8. The number of pyridine rings is 1. The summed E-state index contributed by atoms with van der Waals surface area (Å²) in [5.41, 5.74) is 5.27. The summed E-state index contributed by atoms with van der Waals surface area (Å²) < 4.78 is 25.1. The van der Waals surface area contributed by atoms with E-state index in [1.54, 1.807) is 17.5 Å². The number of rotatable bonds is 4. The van der Waals surface area contributed by atoms with Crippen molar-refractivity contribution in [3.8, 4) is 0 Å². The molecule has 1 amide bonds. The van der Waals surface area contributed by atoms with Crippen molar-refractivity contribution in [1.29, 1.82) is 0 Å². The van der Waals surface area contributed by atoms with Crippen LogP contribution in [0.4, 0.5) is 5.82 Å². The Bertz CT molecular complexity index is 1250. The fourth-order valence-electron chi connectivity index (χ4n) is 3.92. The topological polar surface area (TPSA) is 82.6 Å². The number of sulfonamides is 1. The number of fused-ring (bicyclic) bond motifs is 1. The highest BCUT2D eigenvalue weighted by Crippen LogP contribution is 2.42. The first kappa shape index (κ1) is 22.4. The van der Waals surface area contributed by atoms with Gasteiger partial charge in [-0.25, -0.2) is 17.7 Å². The Hall–Kier alpha value is -2.75. The van der Waals surface area contributed by atoms with Crippen LogP contribution in [0.1, 0.15) is 40.6 Å². The van der Waals surface area contributed by atoms with E-state index in [0.717, 1.165) is 45.0 Å². The van der Waals surface area contributed by atoms with Crippen molar-refractivity contribution in [3.63, 3.8) is 0 Å². The van der Waals surface area contributed by atoms with Gasteiger partial charge in [0.25, 0.3) is 0 Å². The molecule has 0 aliphatic carbocycles. The standard InChI is InChI=1S/C23H26N4O3S2/c1-15-20-13-19(11-17-6-9-27(10-7-17)32(4,29)30)31-23(20)21(14-26(15)3)18-5-8-24-22(12-18)25-16(2)28/h5,8,11-14H,1,6-7,9-10H2,2-4H3,(H,24,25,28). The summed E-state index contributed by atoms with van der Waals surface area (Å²) in [6, 6.07) is 5.96. The van der Waals surface area contributed by atoms with E-state index in [1.807, 2.05) is 24.1 Å². The molecule has 0 unspecified atom stereocenters. The highest BCUT2D eigenvalue weighted by molar-refractivity contribution is 7.88. The molecule has 168 valence electrons. The minimum atomic E-state index is -3.13. The fourth-order valence-corrected chi connectivity index (χ4v) is 5.97. The Labute approximate surface area is 192 Å². The third kappa shape index (κ3) is 4.69. The van der Waals surface area contributed by atoms with Crippen LogP contribution >= 0.6 is 11.3 Å². The summed E-state index contributed by atoms with van der Waals surface area (Å²) in [6.45, 7) is 6.76. The Morgan fingerprint density at radius 2 is 2.00 bits per heavy atom. The van der Waals surface area contributed by atoms with Gasteiger partial charge in [0.2, 0.25) is 15.9 Å². The zero-order valence-electron chi connectivity index (χ0n) is 18.4. The zero-order chi connectivity index (χ0) is 23.0. The predicted octanol–water partition coefficient (Wildman–Crippen LogP) is 3.85. The number of thiophene rings is 1. The second-order valence-corrected chi connectivity index (χ2v) is 11.1. The number of carbonyl (C=O) groups is 1. The van der Waals surface area contributed by atoms with Crippen molar-refractivity contribution in [2.75, 3.05) is 31.7 Å². The third-order valence-electron chi connectivity index (χ3n) is 5.61. The summed E-state index contributed by atoms with van der Waals surface area (Å²) in [5.74, 6) is 0.353. The van der Waals surface area contributed by atoms with Crippen LogP contribution in [0.15, 0.2) is 42.7 Å². The van der Waals surface area contributed by atoms with E-state index in [2.05, 4.69) is 35.2 Å². The third-order valence-corrected chi connectivity index (χ3v) is 8.03. The number of hydrogen-bond acceptors (Lipinski definition) is 6. The molecule has 0 spiro atoms. The van der Waals surface area contributed by atoms with Crippen LogP contribution in [0.25, 0.3) is 17.3 Å². The molecule has 2 aliphatic rings. The highest BCUT2D eigenvalue weighted by Gasteiger charge is 2.25. The maximum atomic E-state index is 11.8. The van der Waals surface area contributed by atoms with Gasteiger partial charge in [0.1, 0.15) is 5.82 Å². The Morgan fingerprint density at radius 1 is 1.28 bits per heavy atom. The molecule has 9 heteroatoms. The molecular formula is C23H26N4O3S2. The molecule has 1 N–H and O–H groups in total. The summed E-state index contributed by atoms with van der Waals surface area (Å²) in [7, 11) is -1.16. The first-order chi connectivity index (χ1) is 15.1. The predicted molar refractivity (Wildman–Crippen MR) is 130 cm³/mol. The molecule has 0 aromatic carbocycles. The van der Waals surface area contributed by atoms with Crippen molar-refractivity contribution < 1.29 is 13.2 Å². The number of hydrogen-bond donors (Lipinski definition) is 1. The first-order valence-corrected chi connectivity index (χ1v) is 12.9. The van der Waals surface area contributed by atoms with Gasteiger partial charge in [0.05, 0.1) is 6.26 Å². The van der Waals surface area contributed by atoms with Gasteiger partial charge in [-0.3, -0.25) is 4.79 Å². The van der Waals surface area contributed by atoms with E-state index in [0.29, 0.717) is 18.9 Å². The number of piperidine rings is 1. The second kappa shape index (κ2) is 8.65. The van der Waals surface area contributed by atoms with Crippen molar-refractivity contribution >= 4 is 50.4 Å². The molecule has 1 saturated heterocycles. The van der Waals surface area contributed by atoms with Gasteiger partial charge in [-0.1, -0.05) is 12.2 Å². The lowest BCUT2D eigenvalue weighted by molar-refractivity contribution is -0.114. The molecule has 2 aromatic heterocycles. The van der Waals surface area contributed by atoms with E-state index in [1.165, 1.54) is 23.1 Å². The second-order valence-electron chi connectivity index (χ2n) is 8.07. The van der Waals surface area contributed by atoms with Crippen LogP contribution < -0.4 is 5.32 Å². The summed E-state index contributed by atoms with van der Waals surface area (Å²) >= 11 is 1.69. The van der Waals surface area contributed by atoms with Crippen LogP contribution in [-0.2, 0) is 14.8 Å². The average molecular weight is 471 g/mol. The van der Waals surface area contributed by atoms with Crippen LogP contribution in [0.3, 0.4) is 0 Å². The molecule has 1 fully saturated rings. The number of carbonyl (C=O) groups excluding carboxylic acids is 1. The molecule has 4 heterocycles. The van der Waals surface area contributed by atoms with E-state index in [-0.39, 0.29) is 5.91 Å². The summed E-state index contributed by atoms with van der Waals surface area (Å²) in [4.78, 5) is 19.9. The minimum Gasteiger partial charge on any atom is -0.350 e. The molecule has 0 radical (unpaired) electrons. The summed E-state index contributed by atoms with van der Waals surface area (Å²) in [5, 5.41) is 2.74. The van der Waals surface area contributed by atoms with Gasteiger partial charge < -0.3 is 10.2 Å². The fraction of sp³-hybridized carbons (Fsp3) is 0.304. The number of nitrogens with zero attached hydrogens (tertiary/aromatic N) is 3. The van der Waals surface area contributed by atoms with Gasteiger partial charge in [0, 0.05) is 66.0 Å². The van der Waals surface area contributed by atoms with Crippen molar-refractivity contribution in [3.05, 3.63) is 63.6 Å². The lowest BCUT2D eigenvalue weighted by atomic mass is 9.98. The zero-order valence-corrected chi connectivity index (χ0v) is 20.0. The normalized spacial score (nSPS) is 17.1. The first-order valence-electron chi connectivity index (χ1n) is 10.3. The molecule has 32 heavy (non-hydrogen) atoms. The molecule has 0 bridgehead atoms. The largest absolute Gasteiger partial charge is 0.350 e. The van der Waals surface area contributed by atoms with Gasteiger partial charge in [-0.15, -0.1) is 11.3 Å². The summed E-state index contributed by atoms with van der Waals surface area (Å²) in [6.07, 6.45) is 8.67. The smallest absolute Gasteiger partial charge is 0.222 e. The van der Waals surface area contributed by atoms with Crippen molar-refractivity contribution in [2.45, 2.75) is 19.8 Å². The van der Waals surface area contributed by atoms with Crippen molar-refractivity contribution in [1.82, 2.24) is 14.2 Å². The van der Waals surface area contributed by atoms with Crippen LogP contribution in [0, 0.1) is 0 Å². The molecule has 7 nitrogen and oxygen atoms in total. The van der Waals surface area contributed by atoms with E-state index < -0.39 is 10.0 Å². The molecule has 0 saturated carbocycles. The van der Waals surface area contributed by atoms with E-state index in [4.69, 9.17) is 0 Å². The number of aromatic nitrogens is 1. The minimum absolute atomic E-state index is 0.162. The quantitative estimate of drug-likeness (QED) is 0.734. The number of anilines is 1. The molecule has 2 aliphatic heterocycles. The maximum Gasteiger partial charge on any atom is 0.222 e. The van der Waals surface area contributed by atoms with Crippen molar-refractivity contribution in [2.24, 2.45) is 0 Å². The molecule has 2 aromatic rings. The SMILES string of the molecule is C=C1c2cc(C=C3CCN(S(C)(=O)=O)CC3)sc2C(c2ccnc(NC(C)=O)c2)=CN1C. The van der Waals surface area contributed by atoms with Crippen LogP contribution in [-0.4, -0.2) is 54.9 Å². The number of amides is 1. The number of nitrogens with one attached hydrogen (secondary N) is 1. The van der Waals surface area contributed by atoms with Gasteiger partial charge >= 0.3 is 0 Å². The Morgan fingerprint density at radius 3 is 2.66 bits per heavy atom. The lowest BCUT2D eigenvalue weighted by Gasteiger charge is -2.26. The monoisotopic (exact) mass is 470 g/mol. The average Bonchev–Trinajstić information content (AvgIpc) is 3.14. The van der Waals surface area contributed by atoms with Gasteiger partial charge in [-0.05, 0) is 42.7 Å². The van der Waals surface area contributed by atoms with Gasteiger partial charge in [0.15, 0.2) is 0 Å². The van der Waals surface area contributed by atoms with E-state index in [9.17, 15) is 13.2 Å². The molecule has 0 atom stereocenters. The lowest BCUT2D eigenvalue weighted by Crippen LogP contribution is -2.35. The van der Waals surface area contributed by atoms with Crippen LogP contribution in [0.5, 0.6) is 0 Å².